The smallest absolute Gasteiger partial charge is 0.263 e. The molecule has 5 nitrogen and oxygen atoms in total. The van der Waals surface area contributed by atoms with Crippen LogP contribution < -0.4 is 5.11 Å². The first-order valence-corrected chi connectivity index (χ1v) is 6.74. The molecule has 0 radical (unpaired) electrons. The first-order chi connectivity index (χ1) is 10.5. The molecular weight excluding hydrogens is 311 g/mol. The molecule has 22 heavy (non-hydrogen) atoms. The van der Waals surface area contributed by atoms with Crippen molar-refractivity contribution < 1.29 is 14.4 Å². The molecule has 0 unspecified atom stereocenters. The summed E-state index contributed by atoms with van der Waals surface area (Å²) in [6.07, 6.45) is 1.74. The Hall–Kier alpha value is -2.47. The number of nitrogens with zero attached hydrogens (tertiary/aromatic N) is 2. The van der Waals surface area contributed by atoms with Gasteiger partial charge in [0, 0.05) is 23.8 Å². The molecule has 114 valence electrons. The lowest BCUT2D eigenvalue weighted by Crippen LogP contribution is -2.02. The van der Waals surface area contributed by atoms with Crippen LogP contribution in [0.1, 0.15) is 11.1 Å². The zero-order valence-electron chi connectivity index (χ0n) is 11.3. The summed E-state index contributed by atoms with van der Waals surface area (Å²) in [5, 5.41) is 22.7. The van der Waals surface area contributed by atoms with E-state index in [2.05, 4.69) is 4.99 Å². The van der Waals surface area contributed by atoms with Crippen LogP contribution in [-0.4, -0.2) is 17.7 Å². The summed E-state index contributed by atoms with van der Waals surface area (Å²) in [5.41, 5.74) is 0.245. The molecule has 2 rings (SSSR count). The summed E-state index contributed by atoms with van der Waals surface area (Å²) in [5.74, 6) is -1.06. The van der Waals surface area contributed by atoms with E-state index >= 15 is 0 Å². The summed E-state index contributed by atoms with van der Waals surface area (Å²) in [4.78, 5) is 14.0. The Morgan fingerprint density at radius 3 is 2.77 bits per heavy atom. The van der Waals surface area contributed by atoms with E-state index in [-0.39, 0.29) is 16.4 Å². The summed E-state index contributed by atoms with van der Waals surface area (Å²) >= 11 is 5.75. The van der Waals surface area contributed by atoms with Crippen molar-refractivity contribution in [3.05, 3.63) is 68.5 Å². The lowest BCUT2D eigenvalue weighted by Gasteiger charge is -2.10. The van der Waals surface area contributed by atoms with Crippen molar-refractivity contribution in [2.45, 2.75) is 6.42 Å². The van der Waals surface area contributed by atoms with Gasteiger partial charge in [-0.1, -0.05) is 23.7 Å². The molecule has 0 saturated heterocycles. The van der Waals surface area contributed by atoms with Gasteiger partial charge in [0.25, 0.3) is 5.69 Å². The number of rotatable bonds is 5. The lowest BCUT2D eigenvalue weighted by atomic mass is 10.1. The van der Waals surface area contributed by atoms with Gasteiger partial charge in [-0.3, -0.25) is 15.1 Å². The molecule has 7 heteroatoms. The third-order valence-corrected chi connectivity index (χ3v) is 3.13. The average molecular weight is 322 g/mol. The third-order valence-electron chi connectivity index (χ3n) is 2.91. The minimum absolute atomic E-state index is 0.0541. The molecule has 0 amide bonds. The van der Waals surface area contributed by atoms with E-state index in [0.717, 1.165) is 11.6 Å². The van der Waals surface area contributed by atoms with Gasteiger partial charge < -0.3 is 5.11 Å². The number of nitro benzene ring substituents is 1. The van der Waals surface area contributed by atoms with E-state index in [1.54, 1.807) is 12.1 Å². The first-order valence-electron chi connectivity index (χ1n) is 6.36. The standard InChI is InChI=1S/C15H12ClFN2O3/c16-12-7-11(15(20)14(8-12)19(21)22)9-18-5-4-10-2-1-3-13(17)6-10/h1-3,6-9,20H,4-5H2/p-1. The lowest BCUT2D eigenvalue weighted by molar-refractivity contribution is -0.398. The van der Waals surface area contributed by atoms with E-state index in [4.69, 9.17) is 11.6 Å². The van der Waals surface area contributed by atoms with Crippen LogP contribution in [0, 0.1) is 15.9 Å². The van der Waals surface area contributed by atoms with Crippen molar-refractivity contribution in [3.63, 3.8) is 0 Å². The van der Waals surface area contributed by atoms with Crippen molar-refractivity contribution in [1.82, 2.24) is 0 Å². The second-order valence-electron chi connectivity index (χ2n) is 4.52. The maximum Gasteiger partial charge on any atom is 0.263 e. The fraction of sp³-hybridized carbons (Fsp3) is 0.133. The van der Waals surface area contributed by atoms with Crippen LogP contribution in [0.4, 0.5) is 10.1 Å². The zero-order valence-corrected chi connectivity index (χ0v) is 12.1. The minimum Gasteiger partial charge on any atom is -0.867 e. The largest absolute Gasteiger partial charge is 0.867 e. The molecule has 0 aliphatic rings. The minimum atomic E-state index is -0.779. The molecule has 0 heterocycles. The van der Waals surface area contributed by atoms with E-state index in [0.29, 0.717) is 13.0 Å². The maximum absolute atomic E-state index is 13.0. The number of nitro groups is 1. The van der Waals surface area contributed by atoms with Crippen molar-refractivity contribution in [2.75, 3.05) is 6.54 Å². The monoisotopic (exact) mass is 321 g/mol. The molecule has 0 spiro atoms. The van der Waals surface area contributed by atoms with Crippen LogP contribution in [0.15, 0.2) is 41.4 Å². The summed E-state index contributed by atoms with van der Waals surface area (Å²) in [6.45, 7) is 0.323. The van der Waals surface area contributed by atoms with Crippen LogP contribution in [0.3, 0.4) is 0 Å². The second-order valence-corrected chi connectivity index (χ2v) is 4.95. The molecule has 0 atom stereocenters. The van der Waals surface area contributed by atoms with Gasteiger partial charge in [0.2, 0.25) is 0 Å². The average Bonchev–Trinajstić information content (AvgIpc) is 2.46. The number of hydrogen-bond acceptors (Lipinski definition) is 4. The fourth-order valence-electron chi connectivity index (χ4n) is 1.88. The quantitative estimate of drug-likeness (QED) is 0.482. The molecule has 0 aliphatic carbocycles. The highest BCUT2D eigenvalue weighted by Crippen LogP contribution is 2.29. The van der Waals surface area contributed by atoms with E-state index in [1.807, 2.05) is 0 Å². The molecular formula is C15H11ClFN2O3-. The first kappa shape index (κ1) is 15.9. The van der Waals surface area contributed by atoms with Gasteiger partial charge >= 0.3 is 0 Å². The Morgan fingerprint density at radius 1 is 1.32 bits per heavy atom. The van der Waals surface area contributed by atoms with E-state index in [1.165, 1.54) is 24.4 Å². The number of halogens is 2. The van der Waals surface area contributed by atoms with Gasteiger partial charge in [-0.15, -0.1) is 0 Å². The predicted molar refractivity (Wildman–Crippen MR) is 80.1 cm³/mol. The highest BCUT2D eigenvalue weighted by molar-refractivity contribution is 6.31. The summed E-state index contributed by atoms with van der Waals surface area (Å²) in [7, 11) is 0. The molecule has 2 aromatic rings. The van der Waals surface area contributed by atoms with E-state index in [9.17, 15) is 19.6 Å². The number of benzene rings is 2. The highest BCUT2D eigenvalue weighted by Gasteiger charge is 2.11. The topological polar surface area (TPSA) is 78.6 Å². The molecule has 0 saturated carbocycles. The molecule has 0 aliphatic heterocycles. The van der Waals surface area contributed by atoms with Crippen LogP contribution in [0.25, 0.3) is 0 Å². The Bertz CT molecular complexity index is 735. The molecule has 0 N–H and O–H groups in total. The number of aliphatic imine (C=N–C) groups is 1. The Balaban J connectivity index is 2.09. The summed E-state index contributed by atoms with van der Waals surface area (Å²) in [6, 6.07) is 8.45. The van der Waals surface area contributed by atoms with Gasteiger partial charge in [-0.05, 0) is 41.5 Å². The van der Waals surface area contributed by atoms with E-state index < -0.39 is 16.4 Å². The van der Waals surface area contributed by atoms with Gasteiger partial charge in [0.15, 0.2) is 0 Å². The van der Waals surface area contributed by atoms with Crippen LogP contribution in [0.2, 0.25) is 5.02 Å². The Kier molecular flexibility index (Phi) is 5.06. The number of hydrogen-bond donors (Lipinski definition) is 0. The second kappa shape index (κ2) is 7.00. The molecule has 2 aromatic carbocycles. The highest BCUT2D eigenvalue weighted by atomic mass is 35.5. The Labute approximate surface area is 130 Å². The predicted octanol–water partition coefficient (Wildman–Crippen LogP) is 3.12. The molecule has 0 aromatic heterocycles. The van der Waals surface area contributed by atoms with Crippen LogP contribution >= 0.6 is 11.6 Å². The van der Waals surface area contributed by atoms with Crippen LogP contribution in [-0.2, 0) is 6.42 Å². The molecule has 0 fully saturated rings. The van der Waals surface area contributed by atoms with Crippen LogP contribution in [0.5, 0.6) is 5.75 Å². The molecule has 0 bridgehead atoms. The van der Waals surface area contributed by atoms with Gasteiger partial charge in [0.1, 0.15) is 5.82 Å². The van der Waals surface area contributed by atoms with Crippen molar-refractivity contribution in [3.8, 4) is 5.75 Å². The normalized spacial score (nSPS) is 11.0. The SMILES string of the molecule is O=[N+]([O-])c1cc(Cl)cc(C=NCCc2cccc(F)c2)c1[O-]. The third kappa shape index (κ3) is 4.02. The van der Waals surface area contributed by atoms with Crippen molar-refractivity contribution in [2.24, 2.45) is 4.99 Å². The van der Waals surface area contributed by atoms with Gasteiger partial charge in [-0.25, -0.2) is 4.39 Å². The Morgan fingerprint density at radius 2 is 2.09 bits per heavy atom. The zero-order chi connectivity index (χ0) is 16.1. The van der Waals surface area contributed by atoms with Gasteiger partial charge in [0.05, 0.1) is 4.92 Å². The van der Waals surface area contributed by atoms with Gasteiger partial charge in [-0.2, -0.15) is 0 Å². The summed E-state index contributed by atoms with van der Waals surface area (Å²) < 4.78 is 13.0. The van der Waals surface area contributed by atoms with Crippen molar-refractivity contribution in [1.29, 1.82) is 0 Å². The van der Waals surface area contributed by atoms with Crippen molar-refractivity contribution >= 4 is 23.5 Å². The fourth-order valence-corrected chi connectivity index (χ4v) is 2.10. The maximum atomic E-state index is 13.0.